The molecule has 0 fully saturated rings. The summed E-state index contributed by atoms with van der Waals surface area (Å²) in [6.45, 7) is 0. The normalized spacial score (nSPS) is 11.0. The van der Waals surface area contributed by atoms with Crippen molar-refractivity contribution in [2.45, 2.75) is 0 Å². The number of benzene rings is 2. The Bertz CT molecular complexity index is 968. The van der Waals surface area contributed by atoms with Gasteiger partial charge in [0.05, 0.1) is 12.7 Å². The summed E-state index contributed by atoms with van der Waals surface area (Å²) < 4.78 is 13.1. The Balaban J connectivity index is 1.77. The Morgan fingerprint density at radius 2 is 1.70 bits per heavy atom. The molecule has 4 rings (SSSR count). The van der Waals surface area contributed by atoms with Gasteiger partial charge in [0, 0.05) is 29.7 Å². The van der Waals surface area contributed by atoms with Crippen LogP contribution in [0.25, 0.3) is 33.8 Å². The van der Waals surface area contributed by atoms with Gasteiger partial charge >= 0.3 is 0 Å². The monoisotopic (exact) mass is 305 g/mol. The van der Waals surface area contributed by atoms with Crippen LogP contribution in [-0.4, -0.2) is 21.9 Å². The van der Waals surface area contributed by atoms with Crippen molar-refractivity contribution in [3.8, 4) is 28.7 Å². The first-order valence-corrected chi connectivity index (χ1v) is 7.28. The van der Waals surface area contributed by atoms with E-state index in [1.807, 2.05) is 49.6 Å². The molecule has 2 aromatic carbocycles. The van der Waals surface area contributed by atoms with Gasteiger partial charge in [-0.05, 0) is 30.3 Å². The van der Waals surface area contributed by atoms with Crippen LogP contribution < -0.4 is 4.74 Å². The van der Waals surface area contributed by atoms with Crippen LogP contribution in [0, 0.1) is 0 Å². The van der Waals surface area contributed by atoms with E-state index in [1.54, 1.807) is 7.11 Å². The summed E-state index contributed by atoms with van der Waals surface area (Å²) in [6, 6.07) is 15.7. The molecular formula is C18H15N3O2. The third-order valence-corrected chi connectivity index (χ3v) is 3.89. The first-order chi connectivity index (χ1) is 11.3. The minimum absolute atomic E-state index is 0.496. The van der Waals surface area contributed by atoms with Crippen molar-refractivity contribution in [2.24, 2.45) is 7.05 Å². The fourth-order valence-corrected chi connectivity index (χ4v) is 2.69. The average molecular weight is 305 g/mol. The highest BCUT2D eigenvalue weighted by Crippen LogP contribution is 2.31. The maximum Gasteiger partial charge on any atom is 0.250 e. The lowest BCUT2D eigenvalue weighted by Gasteiger charge is -1.99. The molecule has 0 aliphatic carbocycles. The van der Waals surface area contributed by atoms with Gasteiger partial charge in [0.25, 0.3) is 0 Å². The first kappa shape index (κ1) is 13.6. The van der Waals surface area contributed by atoms with Gasteiger partial charge in [-0.2, -0.15) is 0 Å². The molecule has 5 nitrogen and oxygen atoms in total. The van der Waals surface area contributed by atoms with E-state index in [4.69, 9.17) is 9.15 Å². The largest absolute Gasteiger partial charge is 0.497 e. The Kier molecular flexibility index (Phi) is 3.12. The number of nitrogens with zero attached hydrogens (tertiary/aromatic N) is 3. The highest BCUT2D eigenvalue weighted by atomic mass is 16.5. The van der Waals surface area contributed by atoms with Gasteiger partial charge < -0.3 is 13.7 Å². The third-order valence-electron chi connectivity index (χ3n) is 3.89. The van der Waals surface area contributed by atoms with Crippen molar-refractivity contribution < 1.29 is 9.15 Å². The molecule has 23 heavy (non-hydrogen) atoms. The standard InChI is InChI=1S/C18H15N3O2/c1-21-11-15(14-5-3-4-6-16(14)21)18-20-19-17(23-18)12-7-9-13(22-2)10-8-12/h3-11H,1-2H3. The minimum atomic E-state index is 0.496. The lowest BCUT2D eigenvalue weighted by Crippen LogP contribution is -1.82. The molecule has 0 bridgehead atoms. The quantitative estimate of drug-likeness (QED) is 0.576. The molecule has 0 N–H and O–H groups in total. The predicted molar refractivity (Wildman–Crippen MR) is 88.2 cm³/mol. The van der Waals surface area contributed by atoms with Crippen LogP contribution in [0.1, 0.15) is 0 Å². The topological polar surface area (TPSA) is 53.1 Å². The van der Waals surface area contributed by atoms with Gasteiger partial charge in [-0.15, -0.1) is 10.2 Å². The predicted octanol–water partition coefficient (Wildman–Crippen LogP) is 3.90. The molecule has 2 aromatic heterocycles. The van der Waals surface area contributed by atoms with E-state index in [-0.39, 0.29) is 0 Å². The molecule has 0 aliphatic heterocycles. The summed E-state index contributed by atoms with van der Waals surface area (Å²) in [4.78, 5) is 0. The maximum atomic E-state index is 5.87. The Hall–Kier alpha value is -3.08. The Morgan fingerprint density at radius 1 is 0.957 bits per heavy atom. The number of aryl methyl sites for hydroxylation is 1. The van der Waals surface area contributed by atoms with E-state index < -0.39 is 0 Å². The second-order valence-electron chi connectivity index (χ2n) is 5.31. The SMILES string of the molecule is COc1ccc(-c2nnc(-c3cn(C)c4ccccc34)o2)cc1. The molecule has 2 heterocycles. The lowest BCUT2D eigenvalue weighted by molar-refractivity contribution is 0.415. The van der Waals surface area contributed by atoms with Crippen molar-refractivity contribution in [2.75, 3.05) is 7.11 Å². The molecule has 0 unspecified atom stereocenters. The summed E-state index contributed by atoms with van der Waals surface area (Å²) in [5, 5.41) is 9.47. The number of hydrogen-bond donors (Lipinski definition) is 0. The van der Waals surface area contributed by atoms with Gasteiger partial charge in [0.2, 0.25) is 11.8 Å². The molecule has 5 heteroatoms. The van der Waals surface area contributed by atoms with Crippen LogP contribution in [-0.2, 0) is 7.05 Å². The molecule has 0 aliphatic rings. The fourth-order valence-electron chi connectivity index (χ4n) is 2.69. The number of fused-ring (bicyclic) bond motifs is 1. The van der Waals surface area contributed by atoms with Crippen LogP contribution in [0.4, 0.5) is 0 Å². The van der Waals surface area contributed by atoms with Crippen molar-refractivity contribution in [3.05, 3.63) is 54.7 Å². The van der Waals surface area contributed by atoms with Crippen LogP contribution in [0.5, 0.6) is 5.75 Å². The fraction of sp³-hybridized carbons (Fsp3) is 0.111. The molecule has 0 saturated heterocycles. The molecule has 0 amide bonds. The molecule has 0 radical (unpaired) electrons. The number of hydrogen-bond acceptors (Lipinski definition) is 4. The highest BCUT2D eigenvalue weighted by molar-refractivity contribution is 5.94. The summed E-state index contributed by atoms with van der Waals surface area (Å²) in [5.74, 6) is 1.81. The Morgan fingerprint density at radius 3 is 2.48 bits per heavy atom. The Labute approximate surface area is 133 Å². The van der Waals surface area contributed by atoms with Crippen molar-refractivity contribution in [3.63, 3.8) is 0 Å². The second kappa shape index (κ2) is 5.28. The summed E-state index contributed by atoms with van der Waals surface area (Å²) in [5.41, 5.74) is 2.94. The first-order valence-electron chi connectivity index (χ1n) is 7.28. The van der Waals surface area contributed by atoms with Gasteiger partial charge in [-0.1, -0.05) is 18.2 Å². The third kappa shape index (κ3) is 2.26. The van der Waals surface area contributed by atoms with Crippen LogP contribution in [0.3, 0.4) is 0 Å². The van der Waals surface area contributed by atoms with Gasteiger partial charge in [0.15, 0.2) is 0 Å². The summed E-state index contributed by atoms with van der Waals surface area (Å²) >= 11 is 0. The van der Waals surface area contributed by atoms with Gasteiger partial charge in [-0.25, -0.2) is 0 Å². The van der Waals surface area contributed by atoms with Crippen LogP contribution in [0.15, 0.2) is 59.1 Å². The van der Waals surface area contributed by atoms with Crippen LogP contribution >= 0.6 is 0 Å². The summed E-state index contributed by atoms with van der Waals surface area (Å²) in [6.07, 6.45) is 2.01. The van der Waals surface area contributed by atoms with E-state index in [9.17, 15) is 0 Å². The minimum Gasteiger partial charge on any atom is -0.497 e. The van der Waals surface area contributed by atoms with E-state index in [2.05, 4.69) is 26.9 Å². The molecule has 0 saturated carbocycles. The number of rotatable bonds is 3. The molecule has 4 aromatic rings. The zero-order valence-corrected chi connectivity index (χ0v) is 12.9. The van der Waals surface area contributed by atoms with Gasteiger partial charge in [0.1, 0.15) is 5.75 Å². The molecule has 0 spiro atoms. The maximum absolute atomic E-state index is 5.87. The second-order valence-corrected chi connectivity index (χ2v) is 5.31. The zero-order valence-electron chi connectivity index (χ0n) is 12.9. The lowest BCUT2D eigenvalue weighted by atomic mass is 10.2. The van der Waals surface area contributed by atoms with Crippen molar-refractivity contribution >= 4 is 10.9 Å². The van der Waals surface area contributed by atoms with Crippen molar-refractivity contribution in [1.29, 1.82) is 0 Å². The van der Waals surface area contributed by atoms with Gasteiger partial charge in [-0.3, -0.25) is 0 Å². The molecule has 114 valence electrons. The number of aromatic nitrogens is 3. The van der Waals surface area contributed by atoms with E-state index in [0.717, 1.165) is 27.8 Å². The van der Waals surface area contributed by atoms with Crippen molar-refractivity contribution in [1.82, 2.24) is 14.8 Å². The van der Waals surface area contributed by atoms with E-state index >= 15 is 0 Å². The smallest absolute Gasteiger partial charge is 0.250 e. The zero-order chi connectivity index (χ0) is 15.8. The number of para-hydroxylation sites is 1. The molecular weight excluding hydrogens is 290 g/mol. The van der Waals surface area contributed by atoms with E-state index in [0.29, 0.717) is 11.8 Å². The number of ether oxygens (including phenoxy) is 1. The summed E-state index contributed by atoms with van der Waals surface area (Å²) in [7, 11) is 3.65. The van der Waals surface area contributed by atoms with E-state index in [1.165, 1.54) is 0 Å². The molecule has 0 atom stereocenters. The van der Waals surface area contributed by atoms with Crippen LogP contribution in [0.2, 0.25) is 0 Å². The highest BCUT2D eigenvalue weighted by Gasteiger charge is 2.15. The number of methoxy groups -OCH3 is 1. The average Bonchev–Trinajstić information content (AvgIpc) is 3.21.